The first-order chi connectivity index (χ1) is 10.2. The molecule has 0 radical (unpaired) electrons. The van der Waals surface area contributed by atoms with E-state index in [1.54, 1.807) is 0 Å². The Balaban J connectivity index is 2.04. The number of hydrogen-bond acceptors (Lipinski definition) is 6. The van der Waals surface area contributed by atoms with Crippen LogP contribution in [-0.4, -0.2) is 25.9 Å². The Hall–Kier alpha value is -2.14. The highest BCUT2D eigenvalue weighted by Gasteiger charge is 2.09. The number of benzene rings is 2. The minimum absolute atomic E-state index is 0.226. The number of rotatable bonds is 5. The molecule has 0 unspecified atom stereocenters. The molecule has 0 saturated heterocycles. The van der Waals surface area contributed by atoms with Crippen molar-refractivity contribution in [2.24, 2.45) is 0 Å². The van der Waals surface area contributed by atoms with Gasteiger partial charge in [0.1, 0.15) is 0 Å². The molecule has 10 heteroatoms. The fourth-order valence-corrected chi connectivity index (χ4v) is 2.52. The predicted octanol–water partition coefficient (Wildman–Crippen LogP) is 1.62. The Morgan fingerprint density at radius 3 is 1.09 bits per heavy atom. The van der Waals surface area contributed by atoms with E-state index in [0.29, 0.717) is 11.4 Å². The van der Waals surface area contributed by atoms with Crippen molar-refractivity contribution in [2.75, 3.05) is 10.9 Å². The molecule has 0 aromatic heterocycles. The molecule has 0 amide bonds. The lowest BCUT2D eigenvalue weighted by Crippen LogP contribution is -2.09. The molecule has 0 bridgehead atoms. The first-order valence-corrected chi connectivity index (χ1v) is 8.71. The molecular weight excluding hydrogens is 332 g/mol. The molecule has 0 spiro atoms. The van der Waals surface area contributed by atoms with Gasteiger partial charge >= 0.3 is 0 Å². The Morgan fingerprint density at radius 1 is 0.591 bits per heavy atom. The van der Waals surface area contributed by atoms with Crippen LogP contribution in [0.5, 0.6) is 0 Å². The number of anilines is 2. The molecule has 0 atom stereocenters. The molecular formula is C12H12N2O6S2. The summed E-state index contributed by atoms with van der Waals surface area (Å²) in [5, 5.41) is 0. The summed E-state index contributed by atoms with van der Waals surface area (Å²) < 4.78 is 61.2. The van der Waals surface area contributed by atoms with Crippen molar-refractivity contribution in [2.45, 2.75) is 9.79 Å². The average molecular weight is 344 g/mol. The van der Waals surface area contributed by atoms with E-state index in [2.05, 4.69) is 10.9 Å². The Labute approximate surface area is 127 Å². The Morgan fingerprint density at radius 2 is 0.864 bits per heavy atom. The molecule has 118 valence electrons. The summed E-state index contributed by atoms with van der Waals surface area (Å²) in [6, 6.07) is 10.6. The van der Waals surface area contributed by atoms with Crippen LogP contribution in [-0.2, 0) is 20.2 Å². The third-order valence-corrected chi connectivity index (χ3v) is 4.39. The van der Waals surface area contributed by atoms with Crippen LogP contribution in [0.1, 0.15) is 0 Å². The van der Waals surface area contributed by atoms with Crippen molar-refractivity contribution in [3.8, 4) is 0 Å². The summed E-state index contributed by atoms with van der Waals surface area (Å²) in [6.45, 7) is 0. The minimum Gasteiger partial charge on any atom is -0.301 e. The van der Waals surface area contributed by atoms with E-state index >= 15 is 0 Å². The van der Waals surface area contributed by atoms with Gasteiger partial charge in [-0.15, -0.1) is 0 Å². The predicted molar refractivity (Wildman–Crippen MR) is 79.8 cm³/mol. The zero-order chi connectivity index (χ0) is 16.4. The minimum atomic E-state index is -4.23. The van der Waals surface area contributed by atoms with E-state index < -0.39 is 20.2 Å². The smallest absolute Gasteiger partial charge is 0.294 e. The van der Waals surface area contributed by atoms with Crippen LogP contribution in [0.4, 0.5) is 11.4 Å². The number of hydrazine groups is 1. The zero-order valence-corrected chi connectivity index (χ0v) is 12.6. The summed E-state index contributed by atoms with van der Waals surface area (Å²) in [5.41, 5.74) is 6.56. The Kier molecular flexibility index (Phi) is 4.37. The lowest BCUT2D eigenvalue weighted by atomic mass is 10.3. The van der Waals surface area contributed by atoms with Gasteiger partial charge in [-0.05, 0) is 48.5 Å². The van der Waals surface area contributed by atoms with Gasteiger partial charge in [0, 0.05) is 0 Å². The second kappa shape index (κ2) is 5.93. The van der Waals surface area contributed by atoms with E-state index in [9.17, 15) is 16.8 Å². The third kappa shape index (κ3) is 4.18. The van der Waals surface area contributed by atoms with Crippen LogP contribution < -0.4 is 10.9 Å². The second-order valence-corrected chi connectivity index (χ2v) is 7.09. The second-order valence-electron chi connectivity index (χ2n) is 4.25. The van der Waals surface area contributed by atoms with Gasteiger partial charge in [-0.2, -0.15) is 16.8 Å². The van der Waals surface area contributed by atoms with E-state index in [1.807, 2.05) is 0 Å². The molecule has 0 fully saturated rings. The average Bonchev–Trinajstić information content (AvgIpc) is 2.44. The highest BCUT2D eigenvalue weighted by atomic mass is 32.2. The van der Waals surface area contributed by atoms with Gasteiger partial charge in [-0.3, -0.25) is 9.11 Å². The maximum Gasteiger partial charge on any atom is 0.294 e. The van der Waals surface area contributed by atoms with E-state index in [1.165, 1.54) is 48.5 Å². The van der Waals surface area contributed by atoms with Gasteiger partial charge in [-0.25, -0.2) is 0 Å². The zero-order valence-electron chi connectivity index (χ0n) is 11.0. The van der Waals surface area contributed by atoms with Gasteiger partial charge in [0.15, 0.2) is 0 Å². The SMILES string of the molecule is O=S(=O)(O)c1ccc(NNc2ccc(S(=O)(=O)O)cc2)cc1. The summed E-state index contributed by atoms with van der Waals surface area (Å²) in [7, 11) is -8.47. The van der Waals surface area contributed by atoms with Gasteiger partial charge in [0.25, 0.3) is 20.2 Å². The standard InChI is InChI=1S/C12H12N2O6S2/c15-21(16,17)11-5-1-9(2-6-11)13-14-10-3-7-12(8-4-10)22(18,19)20/h1-8,13-14H,(H,15,16,17)(H,18,19,20). The largest absolute Gasteiger partial charge is 0.301 e. The Bertz CT molecular complexity index is 783. The molecule has 8 nitrogen and oxygen atoms in total. The van der Waals surface area contributed by atoms with Gasteiger partial charge in [0.05, 0.1) is 21.2 Å². The monoisotopic (exact) mass is 344 g/mol. The van der Waals surface area contributed by atoms with Crippen molar-refractivity contribution in [3.63, 3.8) is 0 Å². The van der Waals surface area contributed by atoms with Gasteiger partial charge in [-0.1, -0.05) is 0 Å². The van der Waals surface area contributed by atoms with E-state index in [-0.39, 0.29) is 9.79 Å². The van der Waals surface area contributed by atoms with Crippen molar-refractivity contribution >= 4 is 31.6 Å². The normalized spacial score (nSPS) is 11.9. The van der Waals surface area contributed by atoms with Crippen molar-refractivity contribution in [3.05, 3.63) is 48.5 Å². The third-order valence-electron chi connectivity index (χ3n) is 2.66. The first kappa shape index (κ1) is 16.2. The number of nitrogens with one attached hydrogen (secondary N) is 2. The number of hydrogen-bond donors (Lipinski definition) is 4. The lowest BCUT2D eigenvalue weighted by Gasteiger charge is -2.10. The molecule has 0 aliphatic rings. The van der Waals surface area contributed by atoms with Crippen LogP contribution in [0.15, 0.2) is 58.3 Å². The summed E-state index contributed by atoms with van der Waals surface area (Å²) >= 11 is 0. The summed E-state index contributed by atoms with van der Waals surface area (Å²) in [5.74, 6) is 0. The quantitative estimate of drug-likeness (QED) is 0.475. The van der Waals surface area contributed by atoms with Crippen molar-refractivity contribution in [1.29, 1.82) is 0 Å². The fraction of sp³-hybridized carbons (Fsp3) is 0. The van der Waals surface area contributed by atoms with Crippen LogP contribution in [0.25, 0.3) is 0 Å². The van der Waals surface area contributed by atoms with Gasteiger partial charge < -0.3 is 10.9 Å². The fourth-order valence-electron chi connectivity index (χ4n) is 1.56. The van der Waals surface area contributed by atoms with Gasteiger partial charge in [0.2, 0.25) is 0 Å². The van der Waals surface area contributed by atoms with Crippen molar-refractivity contribution < 1.29 is 25.9 Å². The highest BCUT2D eigenvalue weighted by Crippen LogP contribution is 2.16. The van der Waals surface area contributed by atoms with E-state index in [0.717, 1.165) is 0 Å². The summed E-state index contributed by atoms with van der Waals surface area (Å²) in [6.07, 6.45) is 0. The van der Waals surface area contributed by atoms with Crippen LogP contribution in [0.3, 0.4) is 0 Å². The first-order valence-electron chi connectivity index (χ1n) is 5.83. The lowest BCUT2D eigenvalue weighted by molar-refractivity contribution is 0.481. The van der Waals surface area contributed by atoms with E-state index in [4.69, 9.17) is 9.11 Å². The molecule has 0 heterocycles. The van der Waals surface area contributed by atoms with Crippen LogP contribution in [0.2, 0.25) is 0 Å². The maximum atomic E-state index is 10.9. The molecule has 22 heavy (non-hydrogen) atoms. The molecule has 2 aromatic carbocycles. The van der Waals surface area contributed by atoms with Crippen LogP contribution >= 0.6 is 0 Å². The van der Waals surface area contributed by atoms with Crippen molar-refractivity contribution in [1.82, 2.24) is 0 Å². The molecule has 4 N–H and O–H groups in total. The maximum absolute atomic E-state index is 10.9. The molecule has 0 aliphatic heterocycles. The molecule has 2 aromatic rings. The molecule has 2 rings (SSSR count). The highest BCUT2D eigenvalue weighted by molar-refractivity contribution is 7.86. The van der Waals surface area contributed by atoms with Crippen LogP contribution in [0, 0.1) is 0 Å². The molecule has 0 aliphatic carbocycles. The summed E-state index contributed by atoms with van der Waals surface area (Å²) in [4.78, 5) is -0.453. The molecule has 0 saturated carbocycles. The topological polar surface area (TPSA) is 133 Å².